The van der Waals surface area contributed by atoms with Crippen molar-refractivity contribution in [3.05, 3.63) is 64.4 Å². The van der Waals surface area contributed by atoms with E-state index in [1.165, 1.54) is 11.8 Å². The second-order valence-corrected chi connectivity index (χ2v) is 8.82. The fourth-order valence-corrected chi connectivity index (χ4v) is 4.77. The number of carbonyl (C=O) groups excluding carboxylic acids is 1. The lowest BCUT2D eigenvalue weighted by Crippen LogP contribution is -2.41. The predicted octanol–water partition coefficient (Wildman–Crippen LogP) is 4.60. The van der Waals surface area contributed by atoms with Gasteiger partial charge < -0.3 is 15.5 Å². The Hall–Kier alpha value is -2.71. The molecule has 3 aromatic rings. The van der Waals surface area contributed by atoms with Crippen LogP contribution in [0.25, 0.3) is 0 Å². The van der Waals surface area contributed by atoms with Crippen LogP contribution in [0.3, 0.4) is 0 Å². The summed E-state index contributed by atoms with van der Waals surface area (Å²) in [6.45, 7) is 3.99. The molecule has 0 aliphatic carbocycles. The summed E-state index contributed by atoms with van der Waals surface area (Å²) in [7, 11) is 1.63. The number of ether oxygens (including phenoxy) is 1. The van der Waals surface area contributed by atoms with Crippen molar-refractivity contribution in [3.8, 4) is 5.75 Å². The van der Waals surface area contributed by atoms with Gasteiger partial charge in [-0.25, -0.2) is 4.68 Å². The Labute approximate surface area is 190 Å². The van der Waals surface area contributed by atoms with Crippen LogP contribution in [-0.4, -0.2) is 33.1 Å². The maximum Gasteiger partial charge on any atom is 0.240 e. The molecule has 0 unspecified atom stereocenters. The monoisotopic (exact) mass is 457 g/mol. The molecule has 2 aromatic carbocycles. The lowest BCUT2D eigenvalue weighted by molar-refractivity contribution is -0.116. The van der Waals surface area contributed by atoms with Crippen molar-refractivity contribution in [1.29, 1.82) is 0 Å². The molecule has 0 radical (unpaired) electrons. The molecule has 0 bridgehead atoms. The minimum Gasteiger partial charge on any atom is -0.497 e. The van der Waals surface area contributed by atoms with E-state index in [1.807, 2.05) is 48.0 Å². The summed E-state index contributed by atoms with van der Waals surface area (Å²) in [5.41, 5.74) is 5.97. The molecule has 2 heterocycles. The average molecular weight is 458 g/mol. The Kier molecular flexibility index (Phi) is 6.38. The van der Waals surface area contributed by atoms with E-state index in [2.05, 4.69) is 27.9 Å². The van der Waals surface area contributed by atoms with Crippen LogP contribution in [-0.2, 0) is 11.2 Å². The number of nitrogens with one attached hydrogen (secondary N) is 2. The highest BCUT2D eigenvalue weighted by Crippen LogP contribution is 2.38. The van der Waals surface area contributed by atoms with Gasteiger partial charge in [0.15, 0.2) is 5.82 Å². The maximum atomic E-state index is 13.4. The quantitative estimate of drug-likeness (QED) is 0.563. The maximum absolute atomic E-state index is 13.4. The second kappa shape index (κ2) is 9.20. The summed E-state index contributed by atoms with van der Waals surface area (Å²) in [6.07, 6.45) is 1.75. The lowest BCUT2D eigenvalue weighted by Gasteiger charge is -2.33. The summed E-state index contributed by atoms with van der Waals surface area (Å²) in [5.74, 6) is 1.49. The fourth-order valence-electron chi connectivity index (χ4n) is 3.49. The van der Waals surface area contributed by atoms with Crippen molar-refractivity contribution >= 4 is 35.0 Å². The molecule has 0 fully saturated rings. The number of hydrogen-bond acceptors (Lipinski definition) is 6. The summed E-state index contributed by atoms with van der Waals surface area (Å²) in [5, 5.41) is 12.5. The first kappa shape index (κ1) is 21.5. The number of amides is 1. The predicted molar refractivity (Wildman–Crippen MR) is 124 cm³/mol. The number of hydrogen-bond donors (Lipinski definition) is 2. The third-order valence-corrected chi connectivity index (χ3v) is 6.86. The van der Waals surface area contributed by atoms with Crippen molar-refractivity contribution in [1.82, 2.24) is 14.9 Å². The number of carbonyl (C=O) groups is 1. The van der Waals surface area contributed by atoms with E-state index >= 15 is 0 Å². The van der Waals surface area contributed by atoms with E-state index < -0.39 is 5.25 Å². The zero-order chi connectivity index (χ0) is 22.0. The Morgan fingerprint density at radius 3 is 2.74 bits per heavy atom. The fraction of sp³-hybridized carbons (Fsp3) is 0.318. The number of methoxy groups -OCH3 is 1. The largest absolute Gasteiger partial charge is 0.497 e. The number of nitrogens with zero attached hydrogens (tertiary/aromatic N) is 3. The van der Waals surface area contributed by atoms with Crippen LogP contribution in [0, 0.1) is 6.92 Å². The summed E-state index contributed by atoms with van der Waals surface area (Å²) < 4.78 is 7.19. The number of aromatic nitrogens is 3. The molecule has 0 saturated carbocycles. The van der Waals surface area contributed by atoms with Crippen molar-refractivity contribution < 1.29 is 9.53 Å². The van der Waals surface area contributed by atoms with Crippen LogP contribution < -0.4 is 15.5 Å². The van der Waals surface area contributed by atoms with Crippen LogP contribution >= 0.6 is 23.4 Å². The minimum absolute atomic E-state index is 0.130. The normalized spacial score (nSPS) is 17.5. The molecule has 0 spiro atoms. The summed E-state index contributed by atoms with van der Waals surface area (Å²) in [4.78, 5) is 13.4. The molecule has 2 N–H and O–H groups in total. The van der Waals surface area contributed by atoms with Gasteiger partial charge in [-0.15, -0.1) is 10.2 Å². The molecule has 31 heavy (non-hydrogen) atoms. The van der Waals surface area contributed by atoms with Crippen LogP contribution in [0.1, 0.15) is 36.3 Å². The SMILES string of the molecule is CCCc1nnc2n1N[C@H](c1ccc(OC)cc1)[C@H](C(=O)Nc1cccc(Cl)c1C)S2. The topological polar surface area (TPSA) is 81.1 Å². The van der Waals surface area contributed by atoms with Gasteiger partial charge in [-0.1, -0.05) is 48.5 Å². The Balaban J connectivity index is 1.68. The van der Waals surface area contributed by atoms with Gasteiger partial charge in [0.1, 0.15) is 11.0 Å². The molecule has 1 amide bonds. The first-order chi connectivity index (χ1) is 15.0. The van der Waals surface area contributed by atoms with E-state index in [4.69, 9.17) is 16.3 Å². The minimum atomic E-state index is -0.460. The number of rotatable bonds is 6. The van der Waals surface area contributed by atoms with Gasteiger partial charge >= 0.3 is 0 Å². The Morgan fingerprint density at radius 1 is 1.26 bits per heavy atom. The van der Waals surface area contributed by atoms with Gasteiger partial charge in [0.25, 0.3) is 0 Å². The summed E-state index contributed by atoms with van der Waals surface area (Å²) in [6, 6.07) is 12.9. The van der Waals surface area contributed by atoms with Gasteiger partial charge in [-0.05, 0) is 48.7 Å². The van der Waals surface area contributed by atoms with Crippen molar-refractivity contribution in [2.24, 2.45) is 0 Å². The molecule has 7 nitrogen and oxygen atoms in total. The zero-order valence-corrected chi connectivity index (χ0v) is 19.1. The van der Waals surface area contributed by atoms with Crippen LogP contribution in [0.4, 0.5) is 5.69 Å². The average Bonchev–Trinajstić information content (AvgIpc) is 3.18. The van der Waals surface area contributed by atoms with Crippen molar-refractivity contribution in [2.75, 3.05) is 17.9 Å². The number of aryl methyl sites for hydroxylation is 1. The van der Waals surface area contributed by atoms with E-state index in [9.17, 15) is 4.79 Å². The molecular weight excluding hydrogens is 434 g/mol. The van der Waals surface area contributed by atoms with Crippen LogP contribution in [0.5, 0.6) is 5.75 Å². The third kappa shape index (κ3) is 4.36. The van der Waals surface area contributed by atoms with E-state index in [1.54, 1.807) is 13.2 Å². The highest BCUT2D eigenvalue weighted by Gasteiger charge is 2.38. The molecule has 1 aliphatic heterocycles. The number of benzene rings is 2. The first-order valence-electron chi connectivity index (χ1n) is 10.1. The Bertz CT molecular complexity index is 1090. The molecule has 4 rings (SSSR count). The molecule has 0 saturated heterocycles. The van der Waals surface area contributed by atoms with E-state index in [0.29, 0.717) is 15.9 Å². The molecule has 1 aromatic heterocycles. The Morgan fingerprint density at radius 2 is 2.03 bits per heavy atom. The van der Waals surface area contributed by atoms with Gasteiger partial charge in [0.2, 0.25) is 11.1 Å². The standard InChI is InChI=1S/C22H24ClN5O2S/c1-4-6-18-25-26-22-28(18)27-19(14-9-11-15(30-3)12-10-14)20(31-22)21(29)24-17-8-5-7-16(23)13(17)2/h5,7-12,19-20,27H,4,6H2,1-3H3,(H,24,29)/t19-,20-/m1/s1. The molecule has 162 valence electrons. The van der Waals surface area contributed by atoms with E-state index in [0.717, 1.165) is 35.5 Å². The number of halogens is 1. The van der Waals surface area contributed by atoms with Crippen molar-refractivity contribution in [2.45, 2.75) is 43.1 Å². The number of anilines is 1. The van der Waals surface area contributed by atoms with E-state index in [-0.39, 0.29) is 11.9 Å². The molecule has 1 aliphatic rings. The van der Waals surface area contributed by atoms with Crippen LogP contribution in [0.15, 0.2) is 47.6 Å². The second-order valence-electron chi connectivity index (χ2n) is 7.30. The smallest absolute Gasteiger partial charge is 0.240 e. The van der Waals surface area contributed by atoms with Gasteiger partial charge in [-0.3, -0.25) is 4.79 Å². The zero-order valence-electron chi connectivity index (χ0n) is 17.6. The number of thioether (sulfide) groups is 1. The van der Waals surface area contributed by atoms with Crippen LogP contribution in [0.2, 0.25) is 5.02 Å². The number of fused-ring (bicyclic) bond motifs is 1. The molecule has 2 atom stereocenters. The lowest BCUT2D eigenvalue weighted by atomic mass is 10.0. The van der Waals surface area contributed by atoms with Crippen molar-refractivity contribution in [3.63, 3.8) is 0 Å². The molecule has 9 heteroatoms. The van der Waals surface area contributed by atoms with Gasteiger partial charge in [0, 0.05) is 17.1 Å². The first-order valence-corrected chi connectivity index (χ1v) is 11.3. The third-order valence-electron chi connectivity index (χ3n) is 5.24. The summed E-state index contributed by atoms with van der Waals surface area (Å²) >= 11 is 7.64. The molecular formula is C22H24ClN5O2S. The van der Waals surface area contributed by atoms with Gasteiger partial charge in [-0.2, -0.15) is 0 Å². The van der Waals surface area contributed by atoms with Gasteiger partial charge in [0.05, 0.1) is 13.2 Å². The highest BCUT2D eigenvalue weighted by molar-refractivity contribution is 8.00. The highest BCUT2D eigenvalue weighted by atomic mass is 35.5.